The molecule has 1 aromatic heterocycles. The molecule has 0 aliphatic heterocycles. The molecule has 6 nitrogen and oxygen atoms in total. The summed E-state index contributed by atoms with van der Waals surface area (Å²) in [6, 6.07) is 0. The Kier molecular flexibility index (Phi) is 6.17. The predicted octanol–water partition coefficient (Wildman–Crippen LogP) is 1.37. The van der Waals surface area contributed by atoms with Crippen molar-refractivity contribution in [3.8, 4) is 11.8 Å². The fourth-order valence-corrected chi connectivity index (χ4v) is 3.54. The number of aromatic hydroxyl groups is 2. The minimum atomic E-state index is -1.66. The molecular formula is C11H22N2O4Si. The largest absolute Gasteiger partial charge is 0.491 e. The van der Waals surface area contributed by atoms with Crippen LogP contribution in [0.4, 0.5) is 0 Å². The molecule has 18 heavy (non-hydrogen) atoms. The van der Waals surface area contributed by atoms with Gasteiger partial charge in [-0.25, -0.2) is 0 Å². The van der Waals surface area contributed by atoms with Crippen LogP contribution < -0.4 is 0 Å². The maximum atomic E-state index is 9.50. The van der Waals surface area contributed by atoms with Crippen LogP contribution in [0.5, 0.6) is 11.8 Å². The van der Waals surface area contributed by atoms with Crippen molar-refractivity contribution in [2.24, 2.45) is 0 Å². The molecule has 104 valence electrons. The summed E-state index contributed by atoms with van der Waals surface area (Å²) in [5, 5.41) is 18.7. The third-order valence-corrected chi connectivity index (χ3v) is 5.33. The molecule has 0 aromatic carbocycles. The van der Waals surface area contributed by atoms with Crippen molar-refractivity contribution < 1.29 is 19.1 Å². The van der Waals surface area contributed by atoms with Gasteiger partial charge in [0.25, 0.3) is 11.8 Å². The molecule has 0 saturated carbocycles. The summed E-state index contributed by atoms with van der Waals surface area (Å²) in [4.78, 5) is 3.63. The van der Waals surface area contributed by atoms with E-state index < -0.39 is 9.28 Å². The molecule has 0 radical (unpaired) electrons. The summed E-state index contributed by atoms with van der Waals surface area (Å²) >= 11 is 0. The zero-order valence-corrected chi connectivity index (χ0v) is 12.3. The van der Waals surface area contributed by atoms with Gasteiger partial charge in [-0.15, -0.1) is 0 Å². The minimum absolute atomic E-state index is 0.187. The van der Waals surface area contributed by atoms with Crippen LogP contribution in [0.15, 0.2) is 6.33 Å². The predicted molar refractivity (Wildman–Crippen MR) is 70.0 cm³/mol. The second-order valence-electron chi connectivity index (χ2n) is 4.13. The maximum Gasteiger partial charge on any atom is 0.324 e. The zero-order chi connectivity index (χ0) is 13.5. The van der Waals surface area contributed by atoms with Crippen LogP contribution in [0, 0.1) is 0 Å². The van der Waals surface area contributed by atoms with Gasteiger partial charge in [0.05, 0.1) is 0 Å². The molecule has 7 heteroatoms. The van der Waals surface area contributed by atoms with Gasteiger partial charge in [-0.3, -0.25) is 4.57 Å². The van der Waals surface area contributed by atoms with Crippen LogP contribution in [0.2, 0.25) is 5.54 Å². The molecule has 1 heterocycles. The lowest BCUT2D eigenvalue weighted by atomic mass is 10.3. The Balaban J connectivity index is 2.48. The first-order valence-corrected chi connectivity index (χ1v) is 7.87. The van der Waals surface area contributed by atoms with Crippen LogP contribution in [-0.4, -0.2) is 42.3 Å². The standard InChI is InChI=1S/C11H22N2O4Si/c1-4-16-18(17-5-2)9(3)6-7-13-8-12-10(14)11(13)15/h8-9,14-15,18H,4-7H2,1-3H3. The SMILES string of the molecule is CCO[SiH](OCC)C(C)CCn1cnc(O)c1O. The first-order valence-electron chi connectivity index (χ1n) is 6.26. The van der Waals surface area contributed by atoms with Gasteiger partial charge in [0.1, 0.15) is 6.33 Å². The summed E-state index contributed by atoms with van der Waals surface area (Å²) in [5.41, 5.74) is 0.328. The van der Waals surface area contributed by atoms with Gasteiger partial charge in [0.15, 0.2) is 0 Å². The number of rotatable bonds is 8. The highest BCUT2D eigenvalue weighted by atomic mass is 28.3. The van der Waals surface area contributed by atoms with Crippen molar-refractivity contribution >= 4 is 9.28 Å². The summed E-state index contributed by atoms with van der Waals surface area (Å²) in [7, 11) is -1.66. The van der Waals surface area contributed by atoms with Crippen molar-refractivity contribution in [3.63, 3.8) is 0 Å². The molecule has 0 aliphatic carbocycles. The first-order chi connectivity index (χ1) is 8.60. The third kappa shape index (κ3) is 4.00. The van der Waals surface area contributed by atoms with Crippen LogP contribution in [0.1, 0.15) is 27.2 Å². The molecule has 0 saturated heterocycles. The van der Waals surface area contributed by atoms with Gasteiger partial charge in [0, 0.05) is 19.8 Å². The number of aromatic nitrogens is 2. The Morgan fingerprint density at radius 1 is 1.33 bits per heavy atom. The fraction of sp³-hybridized carbons (Fsp3) is 0.727. The first kappa shape index (κ1) is 15.0. The molecule has 0 spiro atoms. The van der Waals surface area contributed by atoms with E-state index in [-0.39, 0.29) is 11.8 Å². The molecule has 1 aromatic rings. The summed E-state index contributed by atoms with van der Waals surface area (Å²) < 4.78 is 12.8. The highest BCUT2D eigenvalue weighted by molar-refractivity contribution is 6.46. The average Bonchev–Trinajstić information content (AvgIpc) is 2.67. The summed E-state index contributed by atoms with van der Waals surface area (Å²) in [6.45, 7) is 7.94. The second kappa shape index (κ2) is 7.40. The van der Waals surface area contributed by atoms with E-state index in [0.29, 0.717) is 25.3 Å². The van der Waals surface area contributed by atoms with Crippen LogP contribution in [0.3, 0.4) is 0 Å². The Labute approximate surface area is 109 Å². The molecule has 1 atom stereocenters. The van der Waals surface area contributed by atoms with Crippen molar-refractivity contribution in [3.05, 3.63) is 6.33 Å². The molecular weight excluding hydrogens is 252 g/mol. The Morgan fingerprint density at radius 2 is 1.94 bits per heavy atom. The molecule has 0 aliphatic rings. The second-order valence-corrected chi connectivity index (χ2v) is 6.67. The van der Waals surface area contributed by atoms with Crippen molar-refractivity contribution in [1.82, 2.24) is 9.55 Å². The lowest BCUT2D eigenvalue weighted by Gasteiger charge is -2.21. The molecule has 0 bridgehead atoms. The monoisotopic (exact) mass is 274 g/mol. The Hall–Kier alpha value is -1.05. The minimum Gasteiger partial charge on any atom is -0.491 e. The molecule has 1 unspecified atom stereocenters. The van der Waals surface area contributed by atoms with E-state index in [0.717, 1.165) is 6.42 Å². The summed E-state index contributed by atoms with van der Waals surface area (Å²) in [5.74, 6) is -0.515. The van der Waals surface area contributed by atoms with E-state index >= 15 is 0 Å². The zero-order valence-electron chi connectivity index (χ0n) is 11.2. The van der Waals surface area contributed by atoms with Gasteiger partial charge < -0.3 is 19.1 Å². The highest BCUT2D eigenvalue weighted by Crippen LogP contribution is 2.24. The number of hydrogen-bond acceptors (Lipinski definition) is 5. The number of hydrogen-bond donors (Lipinski definition) is 2. The van der Waals surface area contributed by atoms with Crippen molar-refractivity contribution in [2.75, 3.05) is 13.2 Å². The van der Waals surface area contributed by atoms with E-state index in [1.54, 1.807) is 0 Å². The van der Waals surface area contributed by atoms with Crippen LogP contribution in [-0.2, 0) is 15.4 Å². The smallest absolute Gasteiger partial charge is 0.324 e. The average molecular weight is 274 g/mol. The topological polar surface area (TPSA) is 76.7 Å². The van der Waals surface area contributed by atoms with Gasteiger partial charge in [0.2, 0.25) is 0 Å². The van der Waals surface area contributed by atoms with E-state index in [2.05, 4.69) is 11.9 Å². The fourth-order valence-electron chi connectivity index (χ4n) is 1.71. The van der Waals surface area contributed by atoms with E-state index in [9.17, 15) is 5.11 Å². The summed E-state index contributed by atoms with van der Waals surface area (Å²) in [6.07, 6.45) is 2.25. The number of imidazole rings is 1. The van der Waals surface area contributed by atoms with Gasteiger partial charge in [-0.1, -0.05) is 6.92 Å². The van der Waals surface area contributed by atoms with Crippen molar-refractivity contribution in [1.29, 1.82) is 0 Å². The quantitative estimate of drug-likeness (QED) is 0.700. The van der Waals surface area contributed by atoms with Gasteiger partial charge in [-0.2, -0.15) is 4.98 Å². The normalized spacial score (nSPS) is 13.1. The molecule has 0 amide bonds. The van der Waals surface area contributed by atoms with Gasteiger partial charge in [-0.05, 0) is 25.8 Å². The number of aryl methyl sites for hydroxylation is 1. The molecule has 2 N–H and O–H groups in total. The van der Waals surface area contributed by atoms with E-state index in [1.165, 1.54) is 10.9 Å². The van der Waals surface area contributed by atoms with E-state index in [4.69, 9.17) is 14.0 Å². The van der Waals surface area contributed by atoms with Gasteiger partial charge >= 0.3 is 9.28 Å². The Morgan fingerprint density at radius 3 is 2.39 bits per heavy atom. The maximum absolute atomic E-state index is 9.50. The molecule has 1 rings (SSSR count). The highest BCUT2D eigenvalue weighted by Gasteiger charge is 2.21. The lowest BCUT2D eigenvalue weighted by Crippen LogP contribution is -2.28. The third-order valence-electron chi connectivity index (χ3n) is 2.74. The van der Waals surface area contributed by atoms with Crippen LogP contribution in [0.25, 0.3) is 0 Å². The van der Waals surface area contributed by atoms with E-state index in [1.807, 2.05) is 13.8 Å². The molecule has 0 fully saturated rings. The lowest BCUT2D eigenvalue weighted by molar-refractivity contribution is 0.203. The van der Waals surface area contributed by atoms with Crippen LogP contribution >= 0.6 is 0 Å². The Bertz CT molecular complexity index is 353. The number of nitrogens with zero attached hydrogens (tertiary/aromatic N) is 2. The van der Waals surface area contributed by atoms with Crippen molar-refractivity contribution in [2.45, 2.75) is 39.3 Å².